The molecule has 0 unspecified atom stereocenters. The normalized spacial score (nSPS) is 19.3. The highest BCUT2D eigenvalue weighted by molar-refractivity contribution is 9.10. The standard InChI is InChI=1S/C7H6BrNO/c1-5(10)6-2-3-7(8)9-4-6/h2-4H,1H3/i1D3,2D,3D,4D. The van der Waals surface area contributed by atoms with Gasteiger partial charge in [0.15, 0.2) is 5.78 Å². The third kappa shape index (κ3) is 1.64. The van der Waals surface area contributed by atoms with Crippen molar-refractivity contribution < 1.29 is 13.0 Å². The van der Waals surface area contributed by atoms with Crippen LogP contribution in [0.2, 0.25) is 0 Å². The van der Waals surface area contributed by atoms with E-state index in [1.807, 2.05) is 0 Å². The zero-order valence-corrected chi connectivity index (χ0v) is 6.32. The van der Waals surface area contributed by atoms with Crippen LogP contribution in [0, 0.1) is 0 Å². The van der Waals surface area contributed by atoms with E-state index in [0.29, 0.717) is 0 Å². The van der Waals surface area contributed by atoms with Gasteiger partial charge in [0, 0.05) is 15.8 Å². The van der Waals surface area contributed by atoms with Crippen molar-refractivity contribution in [1.29, 1.82) is 0 Å². The van der Waals surface area contributed by atoms with Crippen LogP contribution < -0.4 is 0 Å². The van der Waals surface area contributed by atoms with Gasteiger partial charge in [0.05, 0.1) is 4.11 Å². The Bertz CT molecular complexity index is 457. The van der Waals surface area contributed by atoms with Gasteiger partial charge >= 0.3 is 0 Å². The van der Waals surface area contributed by atoms with E-state index >= 15 is 0 Å². The van der Waals surface area contributed by atoms with Crippen molar-refractivity contribution >= 4 is 21.7 Å². The van der Waals surface area contributed by atoms with E-state index in [1.165, 1.54) is 0 Å². The molecule has 0 fully saturated rings. The molecule has 0 aromatic carbocycles. The van der Waals surface area contributed by atoms with Gasteiger partial charge in [-0.2, -0.15) is 0 Å². The maximum absolute atomic E-state index is 11.4. The van der Waals surface area contributed by atoms with Gasteiger partial charge in [0.25, 0.3) is 0 Å². The fraction of sp³-hybridized carbons (Fsp3) is 0.143. The van der Waals surface area contributed by atoms with Crippen LogP contribution in [0.3, 0.4) is 0 Å². The zero-order valence-electron chi connectivity index (χ0n) is 10.7. The van der Waals surface area contributed by atoms with Gasteiger partial charge < -0.3 is 0 Å². The van der Waals surface area contributed by atoms with E-state index < -0.39 is 36.5 Å². The lowest BCUT2D eigenvalue weighted by molar-refractivity contribution is 0.101. The Labute approximate surface area is 75.8 Å². The van der Waals surface area contributed by atoms with Crippen molar-refractivity contribution in [3.8, 4) is 0 Å². The molecule has 0 radical (unpaired) electrons. The number of halogens is 1. The molecule has 0 aliphatic rings. The molecule has 0 saturated heterocycles. The van der Waals surface area contributed by atoms with Crippen LogP contribution in [-0.4, -0.2) is 10.8 Å². The van der Waals surface area contributed by atoms with Crippen molar-refractivity contribution in [2.24, 2.45) is 0 Å². The Morgan fingerprint density at radius 3 is 3.40 bits per heavy atom. The van der Waals surface area contributed by atoms with Crippen LogP contribution in [0.1, 0.15) is 25.4 Å². The summed E-state index contributed by atoms with van der Waals surface area (Å²) in [4.78, 5) is 14.9. The van der Waals surface area contributed by atoms with Crippen molar-refractivity contribution in [3.63, 3.8) is 0 Å². The Balaban J connectivity index is 3.47. The smallest absolute Gasteiger partial charge is 0.161 e. The summed E-state index contributed by atoms with van der Waals surface area (Å²) < 4.78 is 42.8. The number of aromatic nitrogens is 1. The number of rotatable bonds is 1. The minimum atomic E-state index is -2.94. The molecule has 0 spiro atoms. The highest BCUT2D eigenvalue weighted by atomic mass is 79.9. The first kappa shape index (κ1) is 2.74. The minimum absolute atomic E-state index is 0.0652. The lowest BCUT2D eigenvalue weighted by atomic mass is 10.2. The first-order valence-electron chi connectivity index (χ1n) is 5.34. The summed E-state index contributed by atoms with van der Waals surface area (Å²) in [6.45, 7) is -2.94. The monoisotopic (exact) mass is 205 g/mol. The molecular formula is C7H6BrNO. The fourth-order valence-corrected chi connectivity index (χ4v) is 0.570. The number of hydrogen-bond donors (Lipinski definition) is 0. The number of nitrogens with zero attached hydrogens (tertiary/aromatic N) is 1. The van der Waals surface area contributed by atoms with E-state index in [0.717, 1.165) is 0 Å². The summed E-state index contributed by atoms with van der Waals surface area (Å²) >= 11 is 2.84. The average molecular weight is 206 g/mol. The van der Waals surface area contributed by atoms with Crippen LogP contribution in [0.15, 0.2) is 22.9 Å². The lowest BCUT2D eigenvalue weighted by Gasteiger charge is -1.92. The molecule has 0 amide bonds. The van der Waals surface area contributed by atoms with Crippen molar-refractivity contribution in [3.05, 3.63) is 28.4 Å². The number of ketones is 1. The molecule has 0 aliphatic heterocycles. The highest BCUT2D eigenvalue weighted by Gasteiger charge is 1.96. The molecule has 0 bridgehead atoms. The predicted molar refractivity (Wildman–Crippen MR) is 41.9 cm³/mol. The van der Waals surface area contributed by atoms with Crippen LogP contribution in [0.25, 0.3) is 0 Å². The summed E-state index contributed by atoms with van der Waals surface area (Å²) in [5.74, 6) is -1.34. The topological polar surface area (TPSA) is 30.0 Å². The van der Waals surface area contributed by atoms with Gasteiger partial charge in [0.1, 0.15) is 4.60 Å². The fourth-order valence-electron chi connectivity index (χ4n) is 0.382. The van der Waals surface area contributed by atoms with E-state index in [-0.39, 0.29) is 4.60 Å². The molecule has 1 heterocycles. The summed E-state index contributed by atoms with van der Waals surface area (Å²) in [6, 6.07) is -1.02. The third-order valence-electron chi connectivity index (χ3n) is 0.784. The van der Waals surface area contributed by atoms with Crippen molar-refractivity contribution in [2.45, 2.75) is 6.85 Å². The first-order chi connectivity index (χ1) is 7.16. The van der Waals surface area contributed by atoms with Crippen molar-refractivity contribution in [2.75, 3.05) is 0 Å². The van der Waals surface area contributed by atoms with Gasteiger partial charge in [-0.1, -0.05) is 0 Å². The zero-order chi connectivity index (χ0) is 12.7. The molecule has 1 aromatic rings. The van der Waals surface area contributed by atoms with E-state index in [4.69, 9.17) is 8.22 Å². The summed E-state index contributed by atoms with van der Waals surface area (Å²) in [5, 5.41) is 0. The number of carbonyl (C=O) groups excluding carboxylic acids is 1. The van der Waals surface area contributed by atoms with Crippen LogP contribution >= 0.6 is 15.9 Å². The average Bonchev–Trinajstić information content (AvgIpc) is 2.13. The van der Waals surface area contributed by atoms with Gasteiger partial charge in [-0.15, -0.1) is 0 Å². The molecule has 2 nitrogen and oxygen atoms in total. The van der Waals surface area contributed by atoms with Crippen LogP contribution in [-0.2, 0) is 0 Å². The molecule has 1 aromatic heterocycles. The minimum Gasteiger partial charge on any atom is -0.294 e. The second kappa shape index (κ2) is 2.92. The van der Waals surface area contributed by atoms with E-state index in [2.05, 4.69) is 20.9 Å². The number of hydrogen-bond acceptors (Lipinski definition) is 2. The Kier molecular flexibility index (Phi) is 0.800. The highest BCUT2D eigenvalue weighted by Crippen LogP contribution is 2.06. The first-order valence-corrected chi connectivity index (χ1v) is 3.13. The number of carbonyl (C=O) groups is 1. The molecule has 0 atom stereocenters. The molecule has 0 saturated carbocycles. The Morgan fingerprint density at radius 1 is 1.90 bits per heavy atom. The van der Waals surface area contributed by atoms with Gasteiger partial charge in [-0.25, -0.2) is 4.98 Å². The maximum Gasteiger partial charge on any atom is 0.161 e. The van der Waals surface area contributed by atoms with E-state index in [9.17, 15) is 4.79 Å². The predicted octanol–water partition coefficient (Wildman–Crippen LogP) is 2.05. The maximum atomic E-state index is 11.4. The molecule has 0 N–H and O–H groups in total. The molecule has 52 valence electrons. The molecular weight excluding hydrogens is 194 g/mol. The number of Topliss-reactive ketones (excluding diaryl/α,β-unsaturated/α-hetero) is 1. The van der Waals surface area contributed by atoms with Crippen LogP contribution in [0.4, 0.5) is 0 Å². The summed E-state index contributed by atoms with van der Waals surface area (Å²) in [6.07, 6.45) is -0.617. The molecule has 0 aliphatic carbocycles. The second-order valence-corrected chi connectivity index (χ2v) is 2.22. The second-order valence-electron chi connectivity index (χ2n) is 1.47. The molecule has 1 rings (SSSR count). The molecule has 10 heavy (non-hydrogen) atoms. The quantitative estimate of drug-likeness (QED) is 0.519. The summed E-state index contributed by atoms with van der Waals surface area (Å²) in [7, 11) is 0. The van der Waals surface area contributed by atoms with Gasteiger partial charge in [-0.3, -0.25) is 4.79 Å². The van der Waals surface area contributed by atoms with E-state index in [1.54, 1.807) is 0 Å². The SMILES string of the molecule is [2H]c1nc(Br)c([2H])c([2H])c1C(=O)C([2H])([2H])[2H]. The largest absolute Gasteiger partial charge is 0.294 e. The lowest BCUT2D eigenvalue weighted by Crippen LogP contribution is -1.91. The van der Waals surface area contributed by atoms with Gasteiger partial charge in [-0.05, 0) is 34.9 Å². The van der Waals surface area contributed by atoms with Gasteiger partial charge in [0.2, 0.25) is 0 Å². The Hall–Kier alpha value is -0.700. The summed E-state index contributed by atoms with van der Waals surface area (Å²) in [5.41, 5.74) is -0.645. The number of pyridine rings is 1. The van der Waals surface area contributed by atoms with Crippen LogP contribution in [0.5, 0.6) is 0 Å². The third-order valence-corrected chi connectivity index (χ3v) is 1.16. The van der Waals surface area contributed by atoms with Crippen molar-refractivity contribution in [1.82, 2.24) is 4.98 Å². The Morgan fingerprint density at radius 2 is 2.70 bits per heavy atom. The molecule has 3 heteroatoms.